The summed E-state index contributed by atoms with van der Waals surface area (Å²) in [6.07, 6.45) is 1.53. The van der Waals surface area contributed by atoms with Crippen molar-refractivity contribution in [3.05, 3.63) is 29.8 Å². The van der Waals surface area contributed by atoms with E-state index in [4.69, 9.17) is 4.74 Å². The minimum atomic E-state index is 0.584. The Balaban J connectivity index is 2.51. The van der Waals surface area contributed by atoms with E-state index in [-0.39, 0.29) is 0 Å². The van der Waals surface area contributed by atoms with Crippen LogP contribution in [0, 0.1) is 0 Å². The van der Waals surface area contributed by atoms with Crippen LogP contribution in [0.2, 0.25) is 0 Å². The van der Waals surface area contributed by atoms with E-state index in [0.717, 1.165) is 25.1 Å². The van der Waals surface area contributed by atoms with Crippen molar-refractivity contribution in [3.63, 3.8) is 0 Å². The van der Waals surface area contributed by atoms with Gasteiger partial charge in [-0.05, 0) is 24.7 Å². The van der Waals surface area contributed by atoms with Crippen LogP contribution in [0.5, 0.6) is 5.75 Å². The van der Waals surface area contributed by atoms with Crippen LogP contribution in [-0.2, 0) is 11.3 Å². The molecule has 0 heterocycles. The molecule has 0 aliphatic rings. The van der Waals surface area contributed by atoms with Gasteiger partial charge in [-0.2, -0.15) is 0 Å². The topological polar surface area (TPSA) is 29.5 Å². The number of hydrogen-bond acceptors (Lipinski definition) is 3. The summed E-state index contributed by atoms with van der Waals surface area (Å²) in [6.45, 7) is 1.63. The summed E-state index contributed by atoms with van der Waals surface area (Å²) < 4.78 is 5.14. The van der Waals surface area contributed by atoms with E-state index in [2.05, 4.69) is 11.0 Å². The van der Waals surface area contributed by atoms with Crippen molar-refractivity contribution in [1.29, 1.82) is 0 Å². The summed E-state index contributed by atoms with van der Waals surface area (Å²) in [5.41, 5.74) is 1.20. The molecule has 0 atom stereocenters. The highest BCUT2D eigenvalue weighted by Crippen LogP contribution is 2.13. The first-order chi connectivity index (χ1) is 7.26. The Morgan fingerprint density at radius 1 is 1.47 bits per heavy atom. The van der Waals surface area contributed by atoms with Gasteiger partial charge in [0.1, 0.15) is 12.0 Å². The quantitative estimate of drug-likeness (QED) is 0.665. The fourth-order valence-electron chi connectivity index (χ4n) is 1.43. The van der Waals surface area contributed by atoms with E-state index in [0.29, 0.717) is 6.42 Å². The molecule has 0 unspecified atom stereocenters. The van der Waals surface area contributed by atoms with Gasteiger partial charge in [0.2, 0.25) is 0 Å². The van der Waals surface area contributed by atoms with E-state index in [9.17, 15) is 4.79 Å². The fourth-order valence-corrected chi connectivity index (χ4v) is 1.43. The van der Waals surface area contributed by atoms with Crippen LogP contribution in [0.4, 0.5) is 0 Å². The number of rotatable bonds is 6. The van der Waals surface area contributed by atoms with Crippen molar-refractivity contribution in [2.75, 3.05) is 20.7 Å². The Bertz CT molecular complexity index is 312. The maximum atomic E-state index is 10.2. The van der Waals surface area contributed by atoms with Gasteiger partial charge < -0.3 is 14.4 Å². The maximum Gasteiger partial charge on any atom is 0.121 e. The predicted molar refractivity (Wildman–Crippen MR) is 60.0 cm³/mol. The van der Waals surface area contributed by atoms with Gasteiger partial charge in [-0.1, -0.05) is 12.1 Å². The van der Waals surface area contributed by atoms with E-state index in [1.165, 1.54) is 5.56 Å². The van der Waals surface area contributed by atoms with Gasteiger partial charge in [-0.15, -0.1) is 0 Å². The average Bonchev–Trinajstić information content (AvgIpc) is 2.26. The molecule has 0 saturated heterocycles. The zero-order chi connectivity index (χ0) is 11.1. The molecular weight excluding hydrogens is 190 g/mol. The Morgan fingerprint density at radius 3 is 2.93 bits per heavy atom. The molecule has 0 amide bonds. The summed E-state index contributed by atoms with van der Waals surface area (Å²) in [5.74, 6) is 0.872. The number of carbonyl (C=O) groups excluding carboxylic acids is 1. The molecule has 0 N–H and O–H groups in total. The van der Waals surface area contributed by atoms with Gasteiger partial charge >= 0.3 is 0 Å². The van der Waals surface area contributed by atoms with Crippen LogP contribution in [0.15, 0.2) is 24.3 Å². The van der Waals surface area contributed by atoms with Crippen LogP contribution in [0.25, 0.3) is 0 Å². The molecule has 0 aliphatic heterocycles. The normalized spacial score (nSPS) is 10.3. The number of nitrogens with zero attached hydrogens (tertiary/aromatic N) is 1. The van der Waals surface area contributed by atoms with Crippen LogP contribution in [0.3, 0.4) is 0 Å². The highest BCUT2D eigenvalue weighted by molar-refractivity contribution is 5.49. The highest BCUT2D eigenvalue weighted by Gasteiger charge is 2.00. The Hall–Kier alpha value is -1.35. The number of aldehydes is 1. The SMILES string of the molecule is COc1cccc(CN(C)CCC=O)c1. The molecule has 0 saturated carbocycles. The van der Waals surface area contributed by atoms with Crippen molar-refractivity contribution in [2.24, 2.45) is 0 Å². The number of ether oxygens (including phenoxy) is 1. The smallest absolute Gasteiger partial charge is 0.121 e. The molecule has 0 aromatic heterocycles. The standard InChI is InChI=1S/C12H17NO2/c1-13(7-4-8-14)10-11-5-3-6-12(9-11)15-2/h3,5-6,8-9H,4,7,10H2,1-2H3. The molecule has 0 fully saturated rings. The summed E-state index contributed by atoms with van der Waals surface area (Å²) in [4.78, 5) is 12.3. The number of carbonyl (C=O) groups is 1. The summed E-state index contributed by atoms with van der Waals surface area (Å²) in [5, 5.41) is 0. The summed E-state index contributed by atoms with van der Waals surface area (Å²) in [7, 11) is 3.66. The summed E-state index contributed by atoms with van der Waals surface area (Å²) in [6, 6.07) is 7.97. The molecule has 0 aliphatic carbocycles. The zero-order valence-electron chi connectivity index (χ0n) is 9.27. The van der Waals surface area contributed by atoms with E-state index >= 15 is 0 Å². The molecular formula is C12H17NO2. The molecule has 82 valence electrons. The molecule has 1 rings (SSSR count). The third kappa shape index (κ3) is 4.13. The monoisotopic (exact) mass is 207 g/mol. The molecule has 1 aromatic carbocycles. The van der Waals surface area contributed by atoms with Gasteiger partial charge in [0.15, 0.2) is 0 Å². The number of benzene rings is 1. The van der Waals surface area contributed by atoms with E-state index in [1.54, 1.807) is 7.11 Å². The molecule has 0 spiro atoms. The van der Waals surface area contributed by atoms with Gasteiger partial charge in [0.25, 0.3) is 0 Å². The first-order valence-corrected chi connectivity index (χ1v) is 5.01. The molecule has 1 aromatic rings. The van der Waals surface area contributed by atoms with Crippen molar-refractivity contribution in [1.82, 2.24) is 4.90 Å². The predicted octanol–water partition coefficient (Wildman–Crippen LogP) is 1.72. The first kappa shape index (κ1) is 11.7. The van der Waals surface area contributed by atoms with Crippen LogP contribution in [-0.4, -0.2) is 31.9 Å². The Labute approximate surface area is 90.7 Å². The third-order valence-corrected chi connectivity index (χ3v) is 2.22. The van der Waals surface area contributed by atoms with Gasteiger partial charge in [0, 0.05) is 19.5 Å². The zero-order valence-corrected chi connectivity index (χ0v) is 9.27. The summed E-state index contributed by atoms with van der Waals surface area (Å²) >= 11 is 0. The highest BCUT2D eigenvalue weighted by atomic mass is 16.5. The van der Waals surface area contributed by atoms with Gasteiger partial charge in [-0.3, -0.25) is 0 Å². The maximum absolute atomic E-state index is 10.2. The second kappa shape index (κ2) is 6.19. The van der Waals surface area contributed by atoms with Crippen LogP contribution < -0.4 is 4.74 Å². The van der Waals surface area contributed by atoms with Crippen LogP contribution >= 0.6 is 0 Å². The lowest BCUT2D eigenvalue weighted by Gasteiger charge is -2.15. The van der Waals surface area contributed by atoms with Crippen molar-refractivity contribution in [3.8, 4) is 5.75 Å². The lowest BCUT2D eigenvalue weighted by molar-refractivity contribution is -0.108. The third-order valence-electron chi connectivity index (χ3n) is 2.22. The number of hydrogen-bond donors (Lipinski definition) is 0. The molecule has 0 bridgehead atoms. The number of methoxy groups -OCH3 is 1. The lowest BCUT2D eigenvalue weighted by Crippen LogP contribution is -2.19. The largest absolute Gasteiger partial charge is 0.497 e. The second-order valence-corrected chi connectivity index (χ2v) is 3.54. The molecule has 0 radical (unpaired) electrons. The lowest BCUT2D eigenvalue weighted by atomic mass is 10.2. The molecule has 15 heavy (non-hydrogen) atoms. The average molecular weight is 207 g/mol. The van der Waals surface area contributed by atoms with E-state index < -0.39 is 0 Å². The van der Waals surface area contributed by atoms with Crippen LogP contribution in [0.1, 0.15) is 12.0 Å². The van der Waals surface area contributed by atoms with Crippen molar-refractivity contribution >= 4 is 6.29 Å². The minimum absolute atomic E-state index is 0.584. The van der Waals surface area contributed by atoms with Gasteiger partial charge in [-0.25, -0.2) is 0 Å². The Morgan fingerprint density at radius 2 is 2.27 bits per heavy atom. The van der Waals surface area contributed by atoms with E-state index in [1.807, 2.05) is 25.2 Å². The second-order valence-electron chi connectivity index (χ2n) is 3.54. The van der Waals surface area contributed by atoms with Crippen molar-refractivity contribution < 1.29 is 9.53 Å². The fraction of sp³-hybridized carbons (Fsp3) is 0.417. The molecule has 3 nitrogen and oxygen atoms in total. The molecule has 3 heteroatoms. The minimum Gasteiger partial charge on any atom is -0.497 e. The van der Waals surface area contributed by atoms with Gasteiger partial charge in [0.05, 0.1) is 7.11 Å². The van der Waals surface area contributed by atoms with Crippen molar-refractivity contribution in [2.45, 2.75) is 13.0 Å². The first-order valence-electron chi connectivity index (χ1n) is 5.01. The Kier molecular flexibility index (Phi) is 4.84.